The van der Waals surface area contributed by atoms with Gasteiger partial charge < -0.3 is 41.9 Å². The Morgan fingerprint density at radius 3 is 1.29 bits per heavy atom. The molecule has 0 aliphatic heterocycles. The molecular formula is C34H63N5O9. The van der Waals surface area contributed by atoms with Crippen LogP contribution in [0, 0.1) is 29.6 Å². The average Bonchev–Trinajstić information content (AvgIpc) is 2.91. The van der Waals surface area contributed by atoms with Gasteiger partial charge in [-0.1, -0.05) is 69.2 Å². The van der Waals surface area contributed by atoms with Gasteiger partial charge >= 0.3 is 5.97 Å². The van der Waals surface area contributed by atoms with Gasteiger partial charge in [-0.15, -0.1) is 0 Å². The lowest BCUT2D eigenvalue weighted by molar-refractivity contribution is -0.140. The van der Waals surface area contributed by atoms with Gasteiger partial charge in [0.15, 0.2) is 0 Å². The predicted molar refractivity (Wildman–Crippen MR) is 182 cm³/mol. The van der Waals surface area contributed by atoms with E-state index in [2.05, 4.69) is 26.6 Å². The second-order valence-electron chi connectivity index (χ2n) is 14.8. The van der Waals surface area contributed by atoms with Crippen molar-refractivity contribution < 1.29 is 44.1 Å². The Morgan fingerprint density at radius 2 is 0.875 bits per heavy atom. The number of aliphatic hydroxyl groups is 2. The fraction of sp³-hybridized carbons (Fsp3) is 0.824. The first-order valence-corrected chi connectivity index (χ1v) is 17.1. The number of carbonyl (C=O) groups excluding carboxylic acids is 5. The number of rotatable bonds is 22. The molecule has 14 nitrogen and oxygen atoms in total. The number of carbonyl (C=O) groups is 6. The molecule has 0 bridgehead atoms. The van der Waals surface area contributed by atoms with Gasteiger partial charge in [0.05, 0.1) is 37.1 Å². The van der Waals surface area contributed by atoms with Gasteiger partial charge in [-0.25, -0.2) is 0 Å². The summed E-state index contributed by atoms with van der Waals surface area (Å²) in [5, 5.41) is 43.9. The third-order valence-electron chi connectivity index (χ3n) is 7.69. The van der Waals surface area contributed by atoms with Gasteiger partial charge in [-0.3, -0.25) is 28.8 Å². The van der Waals surface area contributed by atoms with E-state index in [9.17, 15) is 39.0 Å². The number of carboxylic acid groups (broad SMARTS) is 1. The molecule has 5 amide bonds. The molecule has 0 spiro atoms. The number of carboxylic acids is 1. The second-order valence-corrected chi connectivity index (χ2v) is 14.8. The number of aliphatic carboxylic acids is 1. The summed E-state index contributed by atoms with van der Waals surface area (Å²) < 4.78 is 0. The highest BCUT2D eigenvalue weighted by Gasteiger charge is 2.34. The van der Waals surface area contributed by atoms with Crippen molar-refractivity contribution in [2.75, 3.05) is 0 Å². The number of amides is 5. The van der Waals surface area contributed by atoms with Gasteiger partial charge in [0.2, 0.25) is 29.5 Å². The van der Waals surface area contributed by atoms with Crippen molar-refractivity contribution in [3.8, 4) is 0 Å². The molecule has 0 unspecified atom stereocenters. The SMILES string of the molecule is CC(C)CC(=O)N[C@@H](C(=O)N[C@@H](C(=O)N[C@H](CC(C)C)[C@@H](O)CC(=O)N[C@H](C)C(=O)N[C@@H](CC(C)C)[C@@H](O)CC(=O)O)C(C)C)C(C)C. The van der Waals surface area contributed by atoms with Gasteiger partial charge in [0, 0.05) is 6.42 Å². The van der Waals surface area contributed by atoms with E-state index in [1.165, 1.54) is 6.92 Å². The molecule has 0 saturated heterocycles. The molecule has 0 aliphatic carbocycles. The van der Waals surface area contributed by atoms with Crippen molar-refractivity contribution in [3.05, 3.63) is 0 Å². The van der Waals surface area contributed by atoms with E-state index in [1.807, 2.05) is 41.5 Å². The van der Waals surface area contributed by atoms with Crippen molar-refractivity contribution >= 4 is 35.5 Å². The van der Waals surface area contributed by atoms with Gasteiger partial charge in [0.1, 0.15) is 18.1 Å². The third kappa shape index (κ3) is 17.8. The van der Waals surface area contributed by atoms with E-state index in [-0.39, 0.29) is 41.9 Å². The topological polar surface area (TPSA) is 223 Å². The molecule has 0 fully saturated rings. The second kappa shape index (κ2) is 21.7. The number of aliphatic hydroxyl groups excluding tert-OH is 2. The van der Waals surface area contributed by atoms with Crippen LogP contribution < -0.4 is 26.6 Å². The Balaban J connectivity index is 5.60. The summed E-state index contributed by atoms with van der Waals surface area (Å²) in [5.41, 5.74) is 0. The zero-order chi connectivity index (χ0) is 37.5. The zero-order valence-corrected chi connectivity index (χ0v) is 30.8. The van der Waals surface area contributed by atoms with Crippen LogP contribution in [0.5, 0.6) is 0 Å². The van der Waals surface area contributed by atoms with Crippen LogP contribution in [0.1, 0.15) is 108 Å². The van der Waals surface area contributed by atoms with E-state index in [4.69, 9.17) is 5.11 Å². The molecule has 8 N–H and O–H groups in total. The maximum Gasteiger partial charge on any atom is 0.306 e. The zero-order valence-electron chi connectivity index (χ0n) is 30.8. The Kier molecular flexibility index (Phi) is 20.2. The molecule has 0 aliphatic rings. The van der Waals surface area contributed by atoms with Gasteiger partial charge in [0.25, 0.3) is 0 Å². The number of hydrogen-bond acceptors (Lipinski definition) is 8. The molecule has 278 valence electrons. The first kappa shape index (κ1) is 44.7. The molecular weight excluding hydrogens is 622 g/mol. The lowest BCUT2D eigenvalue weighted by Crippen LogP contribution is -2.59. The summed E-state index contributed by atoms with van der Waals surface area (Å²) >= 11 is 0. The van der Waals surface area contributed by atoms with E-state index >= 15 is 0 Å². The Hall–Kier alpha value is -3.26. The minimum atomic E-state index is -1.33. The lowest BCUT2D eigenvalue weighted by atomic mass is 9.95. The van der Waals surface area contributed by atoms with E-state index in [0.29, 0.717) is 12.8 Å². The molecule has 0 rings (SSSR count). The van der Waals surface area contributed by atoms with Crippen LogP contribution in [0.25, 0.3) is 0 Å². The highest BCUT2D eigenvalue weighted by Crippen LogP contribution is 2.15. The van der Waals surface area contributed by atoms with E-state index < -0.39 is 84.9 Å². The summed E-state index contributed by atoms with van der Waals surface area (Å²) in [6.07, 6.45) is -2.76. The van der Waals surface area contributed by atoms with Crippen LogP contribution in [0.2, 0.25) is 0 Å². The maximum atomic E-state index is 13.5. The van der Waals surface area contributed by atoms with E-state index in [0.717, 1.165) is 0 Å². The Bertz CT molecular complexity index is 1060. The minimum Gasteiger partial charge on any atom is -0.481 e. The van der Waals surface area contributed by atoms with Crippen LogP contribution in [-0.2, 0) is 28.8 Å². The molecule has 0 radical (unpaired) electrons. The highest BCUT2D eigenvalue weighted by atomic mass is 16.4. The van der Waals surface area contributed by atoms with Crippen molar-refractivity contribution in [2.24, 2.45) is 29.6 Å². The Morgan fingerprint density at radius 1 is 0.479 bits per heavy atom. The summed E-state index contributed by atoms with van der Waals surface area (Å²) in [4.78, 5) is 75.9. The first-order valence-electron chi connectivity index (χ1n) is 17.1. The van der Waals surface area contributed by atoms with E-state index in [1.54, 1.807) is 27.7 Å². The molecule has 0 saturated carbocycles. The van der Waals surface area contributed by atoms with Crippen LogP contribution in [0.4, 0.5) is 0 Å². The third-order valence-corrected chi connectivity index (χ3v) is 7.69. The fourth-order valence-electron chi connectivity index (χ4n) is 5.16. The summed E-state index contributed by atoms with van der Waals surface area (Å²) in [5.74, 6) is -4.25. The lowest BCUT2D eigenvalue weighted by Gasteiger charge is -2.31. The van der Waals surface area contributed by atoms with Crippen molar-refractivity contribution in [1.29, 1.82) is 0 Å². The first-order chi connectivity index (χ1) is 22.0. The normalized spacial score (nSPS) is 16.1. The molecule has 48 heavy (non-hydrogen) atoms. The largest absolute Gasteiger partial charge is 0.481 e. The molecule has 0 heterocycles. The van der Waals surface area contributed by atoms with Crippen LogP contribution in [-0.4, -0.2) is 93.2 Å². The van der Waals surface area contributed by atoms with Gasteiger partial charge in [-0.2, -0.15) is 0 Å². The fourth-order valence-corrected chi connectivity index (χ4v) is 5.16. The summed E-state index contributed by atoms with van der Waals surface area (Å²) in [7, 11) is 0. The average molecular weight is 686 g/mol. The Labute approximate surface area is 286 Å². The quantitative estimate of drug-likeness (QED) is 0.0825. The predicted octanol–water partition coefficient (Wildman–Crippen LogP) is 1.47. The summed E-state index contributed by atoms with van der Waals surface area (Å²) in [6.45, 7) is 19.8. The van der Waals surface area contributed by atoms with Crippen LogP contribution in [0.15, 0.2) is 0 Å². The van der Waals surface area contributed by atoms with Crippen molar-refractivity contribution in [3.63, 3.8) is 0 Å². The molecule has 0 aromatic rings. The maximum absolute atomic E-state index is 13.5. The standard InChI is InChI=1S/C34H63N5O9/c1-17(2)12-23(37-33(47)31(21(9)10)39-34(48)30(20(7)8)38-27(42)14-19(5)6)25(40)15-28(43)35-22(11)32(46)36-24(13-18(3)4)26(41)16-29(44)45/h17-26,30-31,40-41H,12-16H2,1-11H3,(H,35,43)(H,36,46)(H,37,47)(H,38,42)(H,39,48)(H,44,45)/t22-,23-,24+,25+,26+,30-,31-/m1/s1. The molecule has 0 aromatic heterocycles. The molecule has 14 heteroatoms. The van der Waals surface area contributed by atoms with Crippen molar-refractivity contribution in [2.45, 2.75) is 151 Å². The molecule has 0 aromatic carbocycles. The monoisotopic (exact) mass is 685 g/mol. The van der Waals surface area contributed by atoms with Crippen molar-refractivity contribution in [1.82, 2.24) is 26.6 Å². The minimum absolute atomic E-state index is 0.0152. The number of nitrogens with one attached hydrogen (secondary N) is 5. The smallest absolute Gasteiger partial charge is 0.306 e. The summed E-state index contributed by atoms with van der Waals surface area (Å²) in [6, 6.07) is -4.61. The number of hydrogen-bond donors (Lipinski definition) is 8. The van der Waals surface area contributed by atoms with Crippen LogP contribution in [0.3, 0.4) is 0 Å². The van der Waals surface area contributed by atoms with Crippen LogP contribution >= 0.6 is 0 Å². The molecule has 7 atom stereocenters. The highest BCUT2D eigenvalue weighted by molar-refractivity contribution is 5.92. The van der Waals surface area contributed by atoms with Gasteiger partial charge in [-0.05, 0) is 49.4 Å².